The number of amides is 3. The maximum Gasteiger partial charge on any atom is 0.319 e. The molecule has 200 valence electrons. The Labute approximate surface area is 220 Å². The first kappa shape index (κ1) is 27.1. The van der Waals surface area contributed by atoms with E-state index in [1.165, 1.54) is 0 Å². The van der Waals surface area contributed by atoms with Crippen LogP contribution in [0.2, 0.25) is 24.7 Å². The van der Waals surface area contributed by atoms with E-state index in [0.29, 0.717) is 18.9 Å². The van der Waals surface area contributed by atoms with E-state index < -0.39 is 19.7 Å². The first-order valence-electron chi connectivity index (χ1n) is 13.3. The molecule has 0 bridgehead atoms. The van der Waals surface area contributed by atoms with Crippen LogP contribution < -0.4 is 10.6 Å². The van der Waals surface area contributed by atoms with Crippen molar-refractivity contribution in [2.24, 2.45) is 4.99 Å². The van der Waals surface area contributed by atoms with Crippen molar-refractivity contribution in [3.63, 3.8) is 0 Å². The molecule has 0 aromatic heterocycles. The fourth-order valence-corrected chi connectivity index (χ4v) is 8.27. The third-order valence-electron chi connectivity index (χ3n) is 8.53. The summed E-state index contributed by atoms with van der Waals surface area (Å²) >= 11 is 0. The summed E-state index contributed by atoms with van der Waals surface area (Å²) < 4.78 is 5.39. The molecule has 1 saturated carbocycles. The van der Waals surface area contributed by atoms with Gasteiger partial charge in [0.15, 0.2) is 0 Å². The van der Waals surface area contributed by atoms with Crippen molar-refractivity contribution in [1.29, 1.82) is 0 Å². The molecule has 0 spiro atoms. The minimum atomic E-state index is -1.72. The second-order valence-electron chi connectivity index (χ2n) is 11.9. The minimum absolute atomic E-state index is 0.0609. The number of rotatable bonds is 7. The lowest BCUT2D eigenvalue weighted by atomic mass is 9.83. The van der Waals surface area contributed by atoms with Gasteiger partial charge < -0.3 is 20.3 Å². The lowest BCUT2D eigenvalue weighted by Gasteiger charge is -2.49. The van der Waals surface area contributed by atoms with Crippen molar-refractivity contribution >= 4 is 31.8 Å². The van der Waals surface area contributed by atoms with Crippen molar-refractivity contribution in [1.82, 2.24) is 15.5 Å². The number of esters is 1. The molecule has 8 nitrogen and oxygen atoms in total. The summed E-state index contributed by atoms with van der Waals surface area (Å²) in [7, 11) is -1.72. The second-order valence-corrected chi connectivity index (χ2v) is 17.3. The summed E-state index contributed by atoms with van der Waals surface area (Å²) in [6.07, 6.45) is 3.25. The van der Waals surface area contributed by atoms with Gasteiger partial charge in [-0.2, -0.15) is 0 Å². The molecule has 1 aromatic carbocycles. The standard InChI is InChI=1S/C28H40N4O4Si/c1-7-23(33)36-18-22(19-12-9-8-10-13-19)30-26(35)32-17-20-21(27(32,2)3)16-29-24(20)31-25(34)28(14-11-15-28)37(4,5)6/h8-10,12-13,22H,7,11,14-18H2,1-6H3,(H,30,35)(H,29,31,34)/t22-/m1/s1. The van der Waals surface area contributed by atoms with Gasteiger partial charge in [-0.3, -0.25) is 14.6 Å². The maximum atomic E-state index is 13.6. The molecule has 1 fully saturated rings. The van der Waals surface area contributed by atoms with E-state index in [4.69, 9.17) is 4.74 Å². The van der Waals surface area contributed by atoms with Crippen molar-refractivity contribution in [3.05, 3.63) is 47.0 Å². The minimum Gasteiger partial charge on any atom is -0.463 e. The molecule has 0 saturated heterocycles. The van der Waals surface area contributed by atoms with Gasteiger partial charge in [-0.25, -0.2) is 4.79 Å². The highest BCUT2D eigenvalue weighted by atomic mass is 28.3. The van der Waals surface area contributed by atoms with E-state index in [0.717, 1.165) is 36.0 Å². The molecule has 9 heteroatoms. The molecule has 2 N–H and O–H groups in total. The molecule has 3 amide bonds. The molecule has 37 heavy (non-hydrogen) atoms. The van der Waals surface area contributed by atoms with E-state index in [1.807, 2.05) is 44.2 Å². The highest BCUT2D eigenvalue weighted by Crippen LogP contribution is 2.55. The molecule has 2 aliphatic heterocycles. The van der Waals surface area contributed by atoms with Gasteiger partial charge in [0.25, 0.3) is 0 Å². The third-order valence-corrected chi connectivity index (χ3v) is 12.1. The van der Waals surface area contributed by atoms with Crippen LogP contribution in [0.15, 0.2) is 46.5 Å². The Kier molecular flexibility index (Phi) is 7.38. The van der Waals surface area contributed by atoms with Crippen molar-refractivity contribution in [2.45, 2.75) is 82.7 Å². The Morgan fingerprint density at radius 2 is 1.81 bits per heavy atom. The molecule has 1 atom stereocenters. The first-order chi connectivity index (χ1) is 17.4. The van der Waals surface area contributed by atoms with Crippen LogP contribution >= 0.6 is 0 Å². The number of carbonyl (C=O) groups excluding carboxylic acids is 3. The van der Waals surface area contributed by atoms with Crippen LogP contribution in [0.1, 0.15) is 58.1 Å². The van der Waals surface area contributed by atoms with Crippen LogP contribution in [0, 0.1) is 0 Å². The predicted molar refractivity (Wildman–Crippen MR) is 147 cm³/mol. The number of urea groups is 1. The Morgan fingerprint density at radius 3 is 2.38 bits per heavy atom. The number of ether oxygens (including phenoxy) is 1. The van der Waals surface area contributed by atoms with Gasteiger partial charge in [0, 0.05) is 17.0 Å². The maximum absolute atomic E-state index is 13.6. The highest BCUT2D eigenvalue weighted by Gasteiger charge is 2.54. The first-order valence-corrected chi connectivity index (χ1v) is 16.8. The van der Waals surface area contributed by atoms with E-state index >= 15 is 0 Å². The predicted octanol–water partition coefficient (Wildman–Crippen LogP) is 4.57. The van der Waals surface area contributed by atoms with Crippen LogP contribution in [-0.4, -0.2) is 62.0 Å². The molecule has 1 aromatic rings. The zero-order valence-corrected chi connectivity index (χ0v) is 23.9. The van der Waals surface area contributed by atoms with E-state index in [2.05, 4.69) is 35.3 Å². The molecular weight excluding hydrogens is 484 g/mol. The van der Waals surface area contributed by atoms with Gasteiger partial charge in [-0.05, 0) is 37.8 Å². The number of carbonyl (C=O) groups is 3. The number of nitrogens with zero attached hydrogens (tertiary/aromatic N) is 2. The summed E-state index contributed by atoms with van der Waals surface area (Å²) in [4.78, 5) is 45.3. The summed E-state index contributed by atoms with van der Waals surface area (Å²) in [6, 6.07) is 8.80. The van der Waals surface area contributed by atoms with Gasteiger partial charge in [-0.1, -0.05) is 63.3 Å². The lowest BCUT2D eigenvalue weighted by Crippen LogP contribution is -2.55. The van der Waals surface area contributed by atoms with Crippen molar-refractivity contribution in [2.75, 3.05) is 19.7 Å². The third kappa shape index (κ3) is 4.97. The Morgan fingerprint density at radius 1 is 1.14 bits per heavy atom. The zero-order valence-electron chi connectivity index (χ0n) is 22.9. The Bertz CT molecular complexity index is 1130. The number of benzene rings is 1. The molecule has 4 rings (SSSR count). The highest BCUT2D eigenvalue weighted by molar-refractivity contribution is 6.82. The number of hydrogen-bond donors (Lipinski definition) is 2. The number of aliphatic imine (C=N–C) groups is 1. The molecule has 0 radical (unpaired) electrons. The van der Waals surface area contributed by atoms with Crippen LogP contribution in [0.4, 0.5) is 4.79 Å². The van der Waals surface area contributed by atoms with Gasteiger partial charge in [-0.15, -0.1) is 0 Å². The average Bonchev–Trinajstić information content (AvgIpc) is 3.32. The molecular formula is C28H40N4O4Si. The summed E-state index contributed by atoms with van der Waals surface area (Å²) in [6.45, 7) is 13.5. The van der Waals surface area contributed by atoms with Crippen LogP contribution in [0.3, 0.4) is 0 Å². The normalized spacial score (nSPS) is 20.5. The number of nitrogens with one attached hydrogen (secondary N) is 2. The smallest absolute Gasteiger partial charge is 0.319 e. The largest absolute Gasteiger partial charge is 0.463 e. The molecule has 2 heterocycles. The Balaban J connectivity index is 1.48. The molecule has 3 aliphatic rings. The molecule has 0 unspecified atom stereocenters. The quantitative estimate of drug-likeness (QED) is 0.403. The van der Waals surface area contributed by atoms with Gasteiger partial charge >= 0.3 is 12.0 Å². The summed E-state index contributed by atoms with van der Waals surface area (Å²) in [5, 5.41) is 6.01. The Hall–Kier alpha value is -2.94. The van der Waals surface area contributed by atoms with E-state index in [-0.39, 0.29) is 36.0 Å². The molecule has 1 aliphatic carbocycles. The van der Waals surface area contributed by atoms with Gasteiger partial charge in [0.1, 0.15) is 12.4 Å². The second kappa shape index (κ2) is 10.1. The number of amidine groups is 1. The van der Waals surface area contributed by atoms with E-state index in [9.17, 15) is 14.4 Å². The summed E-state index contributed by atoms with van der Waals surface area (Å²) in [5.74, 6) is 0.397. The van der Waals surface area contributed by atoms with Crippen molar-refractivity contribution < 1.29 is 19.1 Å². The fraction of sp³-hybridized carbons (Fsp3) is 0.571. The van der Waals surface area contributed by atoms with Gasteiger partial charge in [0.2, 0.25) is 5.91 Å². The summed E-state index contributed by atoms with van der Waals surface area (Å²) in [5.41, 5.74) is 2.29. The average molecular weight is 525 g/mol. The SMILES string of the molecule is CCC(=O)OC[C@@H](NC(=O)N1CC2=C(CN=C2NC(=O)C2([Si](C)(C)C)CCC2)C1(C)C)c1ccccc1. The van der Waals surface area contributed by atoms with Crippen molar-refractivity contribution in [3.8, 4) is 0 Å². The van der Waals surface area contributed by atoms with Crippen LogP contribution in [0.25, 0.3) is 0 Å². The van der Waals surface area contributed by atoms with E-state index in [1.54, 1.807) is 11.8 Å². The number of hydrogen-bond acceptors (Lipinski definition) is 5. The topological polar surface area (TPSA) is 100 Å². The van der Waals surface area contributed by atoms with Crippen LogP contribution in [0.5, 0.6) is 0 Å². The van der Waals surface area contributed by atoms with Gasteiger partial charge in [0.05, 0.1) is 32.7 Å². The zero-order chi connectivity index (χ0) is 27.0. The monoisotopic (exact) mass is 524 g/mol. The van der Waals surface area contributed by atoms with Crippen LogP contribution in [-0.2, 0) is 14.3 Å². The lowest BCUT2D eigenvalue weighted by molar-refractivity contribution is -0.144. The fourth-order valence-electron chi connectivity index (χ4n) is 5.67.